The molecule has 1 aliphatic rings. The molecule has 0 unspecified atom stereocenters. The van der Waals surface area contributed by atoms with Gasteiger partial charge in [-0.05, 0) is 51.5 Å². The summed E-state index contributed by atoms with van der Waals surface area (Å²) in [4.78, 5) is 11.4. The van der Waals surface area contributed by atoms with Crippen LogP contribution in [0.15, 0.2) is 0 Å². The van der Waals surface area contributed by atoms with E-state index >= 15 is 0 Å². The zero-order valence-electron chi connectivity index (χ0n) is 11.0. The maximum Gasteiger partial charge on any atom is 0.323 e. The Morgan fingerprint density at radius 2 is 2.12 bits per heavy atom. The Bertz CT molecular complexity index is 235. The molecular weight excluding hydrogens is 218 g/mol. The second-order valence-electron chi connectivity index (χ2n) is 5.05. The number of carboxylic acids is 1. The molecule has 1 rings (SSSR count). The van der Waals surface area contributed by atoms with Crippen LogP contribution in [-0.4, -0.2) is 36.4 Å². The van der Waals surface area contributed by atoms with Crippen molar-refractivity contribution < 1.29 is 14.6 Å². The Labute approximate surface area is 104 Å². The summed E-state index contributed by atoms with van der Waals surface area (Å²) >= 11 is 0. The molecule has 4 nitrogen and oxygen atoms in total. The summed E-state index contributed by atoms with van der Waals surface area (Å²) in [6.07, 6.45) is 4.38. The van der Waals surface area contributed by atoms with Gasteiger partial charge in [-0.25, -0.2) is 0 Å². The number of carboxylic acid groups (broad SMARTS) is 1. The van der Waals surface area contributed by atoms with Crippen LogP contribution in [-0.2, 0) is 9.53 Å². The van der Waals surface area contributed by atoms with Crippen LogP contribution in [0.1, 0.15) is 46.0 Å². The number of hydrogen-bond donors (Lipinski definition) is 2. The number of hydrogen-bond acceptors (Lipinski definition) is 3. The third kappa shape index (κ3) is 4.28. The van der Waals surface area contributed by atoms with Gasteiger partial charge in [-0.3, -0.25) is 4.79 Å². The predicted octanol–water partition coefficient (Wildman–Crippen LogP) is 2.04. The van der Waals surface area contributed by atoms with Crippen LogP contribution in [0, 0.1) is 5.92 Å². The monoisotopic (exact) mass is 243 g/mol. The molecule has 0 aromatic carbocycles. The maximum atomic E-state index is 11.4. The van der Waals surface area contributed by atoms with Gasteiger partial charge in [-0.2, -0.15) is 0 Å². The lowest BCUT2D eigenvalue weighted by atomic mass is 9.77. The van der Waals surface area contributed by atoms with Crippen LogP contribution in [0.4, 0.5) is 0 Å². The second kappa shape index (κ2) is 6.97. The van der Waals surface area contributed by atoms with E-state index in [9.17, 15) is 9.90 Å². The van der Waals surface area contributed by atoms with Crippen molar-refractivity contribution >= 4 is 5.97 Å². The van der Waals surface area contributed by atoms with E-state index in [0.29, 0.717) is 12.5 Å². The molecule has 0 radical (unpaired) electrons. The van der Waals surface area contributed by atoms with Gasteiger partial charge in [0.25, 0.3) is 0 Å². The number of nitrogens with one attached hydrogen (secondary N) is 1. The minimum atomic E-state index is -0.694. The van der Waals surface area contributed by atoms with Crippen LogP contribution < -0.4 is 5.32 Å². The van der Waals surface area contributed by atoms with E-state index in [1.165, 1.54) is 0 Å². The molecular formula is C13H25NO3. The van der Waals surface area contributed by atoms with Crippen molar-refractivity contribution in [2.45, 2.75) is 51.5 Å². The molecule has 0 bridgehead atoms. The molecule has 0 amide bonds. The molecule has 2 N–H and O–H groups in total. The topological polar surface area (TPSA) is 58.6 Å². The summed E-state index contributed by atoms with van der Waals surface area (Å²) in [5.41, 5.74) is -0.682. The lowest BCUT2D eigenvalue weighted by molar-refractivity contribution is -0.146. The summed E-state index contributed by atoms with van der Waals surface area (Å²) in [5, 5.41) is 12.6. The van der Waals surface area contributed by atoms with Crippen molar-refractivity contribution in [3.8, 4) is 0 Å². The first-order valence-corrected chi connectivity index (χ1v) is 6.67. The number of rotatable bonds is 7. The third-order valence-corrected chi connectivity index (χ3v) is 3.67. The van der Waals surface area contributed by atoms with Crippen LogP contribution in [0.25, 0.3) is 0 Å². The Balaban J connectivity index is 2.35. The molecule has 0 atom stereocenters. The average molecular weight is 243 g/mol. The fourth-order valence-corrected chi connectivity index (χ4v) is 2.37. The van der Waals surface area contributed by atoms with Crippen LogP contribution in [0.2, 0.25) is 0 Å². The molecule has 0 heterocycles. The van der Waals surface area contributed by atoms with Gasteiger partial charge in [0.2, 0.25) is 0 Å². The van der Waals surface area contributed by atoms with Crippen molar-refractivity contribution in [2.24, 2.45) is 5.92 Å². The SMILES string of the molecule is CCOCCCNC1(C(=O)O)CCC(C)CC1. The summed E-state index contributed by atoms with van der Waals surface area (Å²) in [5.74, 6) is -0.0338. The molecule has 1 fully saturated rings. The lowest BCUT2D eigenvalue weighted by Crippen LogP contribution is -2.54. The van der Waals surface area contributed by atoms with Gasteiger partial charge in [0.05, 0.1) is 0 Å². The molecule has 1 aliphatic carbocycles. The first-order valence-electron chi connectivity index (χ1n) is 6.67. The normalized spacial score (nSPS) is 29.2. The van der Waals surface area contributed by atoms with Gasteiger partial charge in [0.15, 0.2) is 0 Å². The van der Waals surface area contributed by atoms with E-state index in [1.54, 1.807) is 0 Å². The Morgan fingerprint density at radius 3 is 2.65 bits per heavy atom. The van der Waals surface area contributed by atoms with Gasteiger partial charge in [0, 0.05) is 13.2 Å². The fraction of sp³-hybridized carbons (Fsp3) is 0.923. The molecule has 4 heteroatoms. The van der Waals surface area contributed by atoms with E-state index < -0.39 is 11.5 Å². The Morgan fingerprint density at radius 1 is 1.47 bits per heavy atom. The van der Waals surface area contributed by atoms with Crippen LogP contribution in [0.5, 0.6) is 0 Å². The van der Waals surface area contributed by atoms with Crippen molar-refractivity contribution in [3.63, 3.8) is 0 Å². The van der Waals surface area contributed by atoms with Gasteiger partial charge in [-0.15, -0.1) is 0 Å². The van der Waals surface area contributed by atoms with Crippen molar-refractivity contribution in [3.05, 3.63) is 0 Å². The van der Waals surface area contributed by atoms with E-state index in [1.807, 2.05) is 6.92 Å². The predicted molar refractivity (Wildman–Crippen MR) is 67.1 cm³/mol. The molecule has 0 aromatic rings. The zero-order chi connectivity index (χ0) is 12.7. The van der Waals surface area contributed by atoms with Gasteiger partial charge < -0.3 is 15.2 Å². The first-order chi connectivity index (χ1) is 8.10. The molecule has 17 heavy (non-hydrogen) atoms. The van der Waals surface area contributed by atoms with E-state index in [-0.39, 0.29) is 0 Å². The maximum absolute atomic E-state index is 11.4. The Hall–Kier alpha value is -0.610. The number of ether oxygens (including phenoxy) is 1. The minimum Gasteiger partial charge on any atom is -0.480 e. The molecule has 0 aromatic heterocycles. The zero-order valence-corrected chi connectivity index (χ0v) is 11.0. The quantitative estimate of drug-likeness (QED) is 0.672. The highest BCUT2D eigenvalue weighted by molar-refractivity contribution is 5.78. The average Bonchev–Trinajstić information content (AvgIpc) is 2.31. The molecule has 0 spiro atoms. The summed E-state index contributed by atoms with van der Waals surface area (Å²) in [6.45, 7) is 6.31. The van der Waals surface area contributed by atoms with E-state index in [2.05, 4.69) is 12.2 Å². The first kappa shape index (κ1) is 14.5. The van der Waals surface area contributed by atoms with Crippen molar-refractivity contribution in [1.82, 2.24) is 5.32 Å². The number of aliphatic carboxylic acids is 1. The molecule has 0 aliphatic heterocycles. The van der Waals surface area contributed by atoms with Gasteiger partial charge in [-0.1, -0.05) is 6.92 Å². The standard InChI is InChI=1S/C13H25NO3/c1-3-17-10-4-9-14-13(12(15)16)7-5-11(2)6-8-13/h11,14H,3-10H2,1-2H3,(H,15,16). The highest BCUT2D eigenvalue weighted by Gasteiger charge is 2.40. The molecule has 100 valence electrons. The third-order valence-electron chi connectivity index (χ3n) is 3.67. The van der Waals surface area contributed by atoms with Gasteiger partial charge in [0.1, 0.15) is 5.54 Å². The highest BCUT2D eigenvalue weighted by atomic mass is 16.5. The second-order valence-corrected chi connectivity index (χ2v) is 5.05. The Kier molecular flexibility index (Phi) is 5.92. The highest BCUT2D eigenvalue weighted by Crippen LogP contribution is 2.32. The lowest BCUT2D eigenvalue weighted by Gasteiger charge is -2.36. The van der Waals surface area contributed by atoms with E-state index in [4.69, 9.17) is 4.74 Å². The van der Waals surface area contributed by atoms with Crippen LogP contribution in [0.3, 0.4) is 0 Å². The summed E-state index contributed by atoms with van der Waals surface area (Å²) in [6, 6.07) is 0. The van der Waals surface area contributed by atoms with Gasteiger partial charge >= 0.3 is 5.97 Å². The molecule has 0 saturated heterocycles. The van der Waals surface area contributed by atoms with Crippen LogP contribution >= 0.6 is 0 Å². The van der Waals surface area contributed by atoms with Crippen molar-refractivity contribution in [1.29, 1.82) is 0 Å². The summed E-state index contributed by atoms with van der Waals surface area (Å²) < 4.78 is 5.25. The smallest absolute Gasteiger partial charge is 0.323 e. The van der Waals surface area contributed by atoms with E-state index in [0.717, 1.165) is 45.3 Å². The fourth-order valence-electron chi connectivity index (χ4n) is 2.37. The summed E-state index contributed by atoms with van der Waals surface area (Å²) in [7, 11) is 0. The minimum absolute atomic E-state index is 0.660. The largest absolute Gasteiger partial charge is 0.480 e. The van der Waals surface area contributed by atoms with Crippen molar-refractivity contribution in [2.75, 3.05) is 19.8 Å². The number of carbonyl (C=O) groups is 1. The molecule has 1 saturated carbocycles.